The zero-order valence-electron chi connectivity index (χ0n) is 9.36. The van der Waals surface area contributed by atoms with E-state index in [1.165, 1.54) is 0 Å². The van der Waals surface area contributed by atoms with Gasteiger partial charge in [0.2, 0.25) is 5.88 Å². The molecule has 0 aromatic carbocycles. The minimum atomic E-state index is 0.572. The fourth-order valence-corrected chi connectivity index (χ4v) is 1.66. The summed E-state index contributed by atoms with van der Waals surface area (Å²) in [5, 5.41) is 4.28. The van der Waals surface area contributed by atoms with Crippen LogP contribution < -0.4 is 4.74 Å². The number of aromatic nitrogens is 3. The van der Waals surface area contributed by atoms with Crippen LogP contribution in [-0.2, 0) is 7.05 Å². The highest BCUT2D eigenvalue weighted by Crippen LogP contribution is 2.26. The van der Waals surface area contributed by atoms with Crippen molar-refractivity contribution in [3.63, 3.8) is 0 Å². The fraction of sp³-hybridized carbons (Fsp3) is 0.273. The molecule has 0 radical (unpaired) electrons. The highest BCUT2D eigenvalue weighted by Gasteiger charge is 2.11. The van der Waals surface area contributed by atoms with Crippen LogP contribution in [0.2, 0.25) is 0 Å². The third-order valence-corrected chi connectivity index (χ3v) is 2.82. The largest absolute Gasteiger partial charge is 0.435 e. The van der Waals surface area contributed by atoms with E-state index in [-0.39, 0.29) is 0 Å². The molecule has 0 N–H and O–H groups in total. The molecule has 2 rings (SSSR count). The van der Waals surface area contributed by atoms with Crippen LogP contribution in [0, 0.1) is 13.8 Å². The van der Waals surface area contributed by atoms with Crippen molar-refractivity contribution in [2.24, 2.45) is 7.05 Å². The molecule has 0 unspecified atom stereocenters. The number of halogens is 1. The molecule has 0 spiro atoms. The van der Waals surface area contributed by atoms with E-state index in [0.29, 0.717) is 5.88 Å². The molecular weight excluding hydrogens is 270 g/mol. The Balaban J connectivity index is 2.30. The molecule has 5 heteroatoms. The van der Waals surface area contributed by atoms with Gasteiger partial charge in [0.15, 0.2) is 5.75 Å². The van der Waals surface area contributed by atoms with Crippen LogP contribution in [0.15, 0.2) is 22.8 Å². The van der Waals surface area contributed by atoms with Gasteiger partial charge >= 0.3 is 0 Å². The molecule has 0 fully saturated rings. The molecule has 2 heterocycles. The Morgan fingerprint density at radius 2 is 2.06 bits per heavy atom. The number of ether oxygens (including phenoxy) is 1. The third-order valence-electron chi connectivity index (χ3n) is 2.35. The van der Waals surface area contributed by atoms with Gasteiger partial charge in [0.05, 0.1) is 5.69 Å². The molecule has 4 nitrogen and oxygen atoms in total. The monoisotopic (exact) mass is 281 g/mol. The first-order chi connectivity index (χ1) is 7.58. The van der Waals surface area contributed by atoms with Crippen molar-refractivity contribution >= 4 is 15.9 Å². The second-order valence-corrected chi connectivity index (χ2v) is 4.46. The summed E-state index contributed by atoms with van der Waals surface area (Å²) in [6.07, 6.45) is 1.70. The van der Waals surface area contributed by atoms with Crippen molar-refractivity contribution in [1.29, 1.82) is 0 Å². The molecule has 0 aliphatic carbocycles. The van der Waals surface area contributed by atoms with Gasteiger partial charge in [-0.15, -0.1) is 0 Å². The van der Waals surface area contributed by atoms with Crippen LogP contribution in [0.1, 0.15) is 11.4 Å². The molecule has 2 aromatic heterocycles. The van der Waals surface area contributed by atoms with Gasteiger partial charge in [-0.2, -0.15) is 5.10 Å². The first-order valence-electron chi connectivity index (χ1n) is 4.87. The van der Waals surface area contributed by atoms with E-state index in [9.17, 15) is 0 Å². The number of aryl methyl sites for hydroxylation is 2. The van der Waals surface area contributed by atoms with Gasteiger partial charge in [-0.3, -0.25) is 4.68 Å². The first-order valence-corrected chi connectivity index (χ1v) is 5.67. The number of hydrogen-bond donors (Lipinski definition) is 0. The minimum absolute atomic E-state index is 0.572. The van der Waals surface area contributed by atoms with Gasteiger partial charge in [0.25, 0.3) is 0 Å². The SMILES string of the molecule is Cc1nn(C)c(C)c1Oc1ccc(Br)cn1. The van der Waals surface area contributed by atoms with Gasteiger partial charge < -0.3 is 4.74 Å². The summed E-state index contributed by atoms with van der Waals surface area (Å²) in [7, 11) is 1.89. The van der Waals surface area contributed by atoms with E-state index in [4.69, 9.17) is 4.74 Å². The Kier molecular flexibility index (Phi) is 2.96. The average molecular weight is 282 g/mol. The Morgan fingerprint density at radius 1 is 1.31 bits per heavy atom. The maximum atomic E-state index is 5.70. The van der Waals surface area contributed by atoms with E-state index >= 15 is 0 Å². The molecular formula is C11H12BrN3O. The smallest absolute Gasteiger partial charge is 0.219 e. The standard InChI is InChI=1S/C11H12BrN3O/c1-7-11(8(2)15(3)14-7)16-10-5-4-9(12)6-13-10/h4-6H,1-3H3. The maximum Gasteiger partial charge on any atom is 0.219 e. The predicted octanol–water partition coefficient (Wildman–Crippen LogP) is 2.99. The molecule has 2 aromatic rings. The summed E-state index contributed by atoms with van der Waals surface area (Å²) in [5.74, 6) is 1.35. The minimum Gasteiger partial charge on any atom is -0.435 e. The summed E-state index contributed by atoms with van der Waals surface area (Å²) in [6, 6.07) is 3.71. The summed E-state index contributed by atoms with van der Waals surface area (Å²) < 4.78 is 8.43. The Morgan fingerprint density at radius 3 is 2.56 bits per heavy atom. The number of rotatable bonds is 2. The summed E-state index contributed by atoms with van der Waals surface area (Å²) >= 11 is 3.33. The second-order valence-electron chi connectivity index (χ2n) is 3.54. The Bertz CT molecular complexity index is 505. The molecule has 0 bridgehead atoms. The van der Waals surface area contributed by atoms with Gasteiger partial charge in [0, 0.05) is 23.8 Å². The van der Waals surface area contributed by atoms with E-state index in [1.54, 1.807) is 10.9 Å². The lowest BCUT2D eigenvalue weighted by Crippen LogP contribution is -1.93. The molecule has 16 heavy (non-hydrogen) atoms. The molecule has 0 aliphatic rings. The van der Waals surface area contributed by atoms with Crippen molar-refractivity contribution < 1.29 is 4.74 Å². The Labute approximate surface area is 102 Å². The third kappa shape index (κ3) is 2.09. The van der Waals surface area contributed by atoms with Crippen molar-refractivity contribution in [2.45, 2.75) is 13.8 Å². The molecule has 0 atom stereocenters. The zero-order chi connectivity index (χ0) is 11.7. The van der Waals surface area contributed by atoms with E-state index < -0.39 is 0 Å². The van der Waals surface area contributed by atoms with Crippen LogP contribution in [0.3, 0.4) is 0 Å². The highest BCUT2D eigenvalue weighted by molar-refractivity contribution is 9.10. The number of pyridine rings is 1. The van der Waals surface area contributed by atoms with Crippen LogP contribution in [0.25, 0.3) is 0 Å². The van der Waals surface area contributed by atoms with E-state index in [2.05, 4.69) is 26.0 Å². The van der Waals surface area contributed by atoms with Crippen molar-refractivity contribution in [2.75, 3.05) is 0 Å². The fourth-order valence-electron chi connectivity index (χ4n) is 1.43. The Hall–Kier alpha value is -1.36. The average Bonchev–Trinajstić information content (AvgIpc) is 2.48. The summed E-state index contributed by atoms with van der Waals surface area (Å²) in [4.78, 5) is 4.16. The predicted molar refractivity (Wildman–Crippen MR) is 64.7 cm³/mol. The van der Waals surface area contributed by atoms with Crippen molar-refractivity contribution in [1.82, 2.24) is 14.8 Å². The quantitative estimate of drug-likeness (QED) is 0.850. The normalized spacial score (nSPS) is 10.5. The van der Waals surface area contributed by atoms with Crippen molar-refractivity contribution in [3.8, 4) is 11.6 Å². The zero-order valence-corrected chi connectivity index (χ0v) is 10.9. The molecule has 0 amide bonds. The summed E-state index contributed by atoms with van der Waals surface area (Å²) in [6.45, 7) is 3.88. The number of hydrogen-bond acceptors (Lipinski definition) is 3. The summed E-state index contributed by atoms with van der Waals surface area (Å²) in [5.41, 5.74) is 1.85. The lowest BCUT2D eigenvalue weighted by molar-refractivity contribution is 0.455. The molecule has 0 saturated carbocycles. The maximum absolute atomic E-state index is 5.70. The lowest BCUT2D eigenvalue weighted by Gasteiger charge is -2.04. The van der Waals surface area contributed by atoms with Gasteiger partial charge in [-0.1, -0.05) is 0 Å². The van der Waals surface area contributed by atoms with Gasteiger partial charge in [-0.05, 0) is 35.8 Å². The first kappa shape index (κ1) is 11.1. The van der Waals surface area contributed by atoms with Crippen LogP contribution >= 0.6 is 15.9 Å². The van der Waals surface area contributed by atoms with Gasteiger partial charge in [0.1, 0.15) is 5.69 Å². The van der Waals surface area contributed by atoms with E-state index in [1.807, 2.05) is 33.0 Å². The van der Waals surface area contributed by atoms with Crippen LogP contribution in [0.4, 0.5) is 0 Å². The highest BCUT2D eigenvalue weighted by atomic mass is 79.9. The topological polar surface area (TPSA) is 39.9 Å². The van der Waals surface area contributed by atoms with Crippen molar-refractivity contribution in [3.05, 3.63) is 34.2 Å². The lowest BCUT2D eigenvalue weighted by atomic mass is 10.3. The molecule has 0 saturated heterocycles. The van der Waals surface area contributed by atoms with Crippen LogP contribution in [0.5, 0.6) is 11.6 Å². The van der Waals surface area contributed by atoms with Crippen LogP contribution in [-0.4, -0.2) is 14.8 Å². The number of nitrogens with zero attached hydrogens (tertiary/aromatic N) is 3. The van der Waals surface area contributed by atoms with E-state index in [0.717, 1.165) is 21.6 Å². The molecule has 0 aliphatic heterocycles. The van der Waals surface area contributed by atoms with Gasteiger partial charge in [-0.25, -0.2) is 4.98 Å². The second kappa shape index (κ2) is 4.25. The molecule has 84 valence electrons.